The quantitative estimate of drug-likeness (QED) is 0.767. The van der Waals surface area contributed by atoms with Gasteiger partial charge in [0.15, 0.2) is 0 Å². The zero-order chi connectivity index (χ0) is 13.5. The summed E-state index contributed by atoms with van der Waals surface area (Å²) < 4.78 is 5.48. The summed E-state index contributed by atoms with van der Waals surface area (Å²) in [4.78, 5) is 18.2. The number of carboxylic acids is 1. The number of carbonyl (C=O) groups is 1. The number of hydrogen-bond acceptors (Lipinski definition) is 5. The minimum Gasteiger partial charge on any atom is -0.492 e. The van der Waals surface area contributed by atoms with Gasteiger partial charge in [0.2, 0.25) is 5.82 Å². The second-order valence-electron chi connectivity index (χ2n) is 3.66. The fraction of sp³-hybridized carbons (Fsp3) is 0.154. The first-order valence-electron chi connectivity index (χ1n) is 5.74. The third-order valence-corrected chi connectivity index (χ3v) is 2.27. The number of aromatic nitrogens is 2. The molecule has 0 aliphatic rings. The lowest BCUT2D eigenvalue weighted by molar-refractivity contribution is 0.0683. The van der Waals surface area contributed by atoms with Crippen LogP contribution in [0.15, 0.2) is 42.6 Å². The molecule has 19 heavy (non-hydrogen) atoms. The van der Waals surface area contributed by atoms with Gasteiger partial charge in [0, 0.05) is 6.20 Å². The standard InChI is InChI=1S/C13H13N3O3/c17-13(18)12-15-7-6-11(16-12)14-8-9-19-10-4-2-1-3-5-10/h1-7H,8-9H2,(H,17,18)(H,14,15,16). The van der Waals surface area contributed by atoms with E-state index in [1.807, 2.05) is 30.3 Å². The van der Waals surface area contributed by atoms with Gasteiger partial charge in [-0.25, -0.2) is 14.8 Å². The summed E-state index contributed by atoms with van der Waals surface area (Å²) in [6.45, 7) is 0.974. The third kappa shape index (κ3) is 3.95. The maximum Gasteiger partial charge on any atom is 0.374 e. The first kappa shape index (κ1) is 12.8. The molecule has 0 fully saturated rings. The number of aromatic carboxylic acids is 1. The Labute approximate surface area is 110 Å². The summed E-state index contributed by atoms with van der Waals surface area (Å²) in [6, 6.07) is 11.0. The van der Waals surface area contributed by atoms with Crippen LogP contribution in [0.3, 0.4) is 0 Å². The highest BCUT2D eigenvalue weighted by molar-refractivity contribution is 5.83. The Kier molecular flexibility index (Phi) is 4.28. The lowest BCUT2D eigenvalue weighted by Gasteiger charge is -2.07. The Balaban J connectivity index is 1.80. The van der Waals surface area contributed by atoms with Gasteiger partial charge in [-0.2, -0.15) is 0 Å². The summed E-state index contributed by atoms with van der Waals surface area (Å²) in [5.41, 5.74) is 0. The second-order valence-corrected chi connectivity index (χ2v) is 3.66. The molecular formula is C13H13N3O3. The van der Waals surface area contributed by atoms with Crippen molar-refractivity contribution < 1.29 is 14.6 Å². The molecule has 98 valence electrons. The molecule has 1 heterocycles. The molecule has 0 unspecified atom stereocenters. The van der Waals surface area contributed by atoms with E-state index in [1.54, 1.807) is 6.07 Å². The van der Waals surface area contributed by atoms with Gasteiger partial charge in [-0.05, 0) is 18.2 Å². The van der Waals surface area contributed by atoms with Crippen LogP contribution < -0.4 is 10.1 Å². The maximum atomic E-state index is 10.7. The molecule has 0 saturated heterocycles. The van der Waals surface area contributed by atoms with E-state index < -0.39 is 5.97 Å². The van der Waals surface area contributed by atoms with E-state index in [-0.39, 0.29) is 5.82 Å². The number of anilines is 1. The van der Waals surface area contributed by atoms with Crippen molar-refractivity contribution in [2.45, 2.75) is 0 Å². The molecule has 2 rings (SSSR count). The molecule has 6 nitrogen and oxygen atoms in total. The largest absolute Gasteiger partial charge is 0.492 e. The highest BCUT2D eigenvalue weighted by Gasteiger charge is 2.06. The number of benzene rings is 1. The van der Waals surface area contributed by atoms with Gasteiger partial charge in [0.1, 0.15) is 18.2 Å². The van der Waals surface area contributed by atoms with E-state index in [1.165, 1.54) is 6.20 Å². The molecule has 0 aliphatic carbocycles. The van der Waals surface area contributed by atoms with Gasteiger partial charge in [0.25, 0.3) is 0 Å². The second kappa shape index (κ2) is 6.34. The van der Waals surface area contributed by atoms with Crippen molar-refractivity contribution >= 4 is 11.8 Å². The number of nitrogens with zero attached hydrogens (tertiary/aromatic N) is 2. The van der Waals surface area contributed by atoms with Crippen molar-refractivity contribution in [3.8, 4) is 5.75 Å². The van der Waals surface area contributed by atoms with E-state index in [2.05, 4.69) is 15.3 Å². The lowest BCUT2D eigenvalue weighted by atomic mass is 10.3. The van der Waals surface area contributed by atoms with Crippen LogP contribution in [0.4, 0.5) is 5.82 Å². The minimum atomic E-state index is -1.15. The topological polar surface area (TPSA) is 84.3 Å². The fourth-order valence-corrected chi connectivity index (χ4v) is 1.42. The summed E-state index contributed by atoms with van der Waals surface area (Å²) >= 11 is 0. The average molecular weight is 259 g/mol. The Hall–Kier alpha value is -2.63. The summed E-state index contributed by atoms with van der Waals surface area (Å²) in [7, 11) is 0. The molecule has 0 saturated carbocycles. The molecule has 1 aromatic carbocycles. The van der Waals surface area contributed by atoms with Gasteiger partial charge in [-0.1, -0.05) is 18.2 Å². The van der Waals surface area contributed by atoms with E-state index in [4.69, 9.17) is 9.84 Å². The summed E-state index contributed by atoms with van der Waals surface area (Å²) in [6.07, 6.45) is 1.40. The first-order valence-corrected chi connectivity index (χ1v) is 5.74. The molecule has 0 aliphatic heterocycles. The van der Waals surface area contributed by atoms with Crippen LogP contribution >= 0.6 is 0 Å². The first-order chi connectivity index (χ1) is 9.25. The van der Waals surface area contributed by atoms with E-state index in [0.29, 0.717) is 19.0 Å². The average Bonchev–Trinajstić information content (AvgIpc) is 2.45. The van der Waals surface area contributed by atoms with Crippen LogP contribution in [-0.2, 0) is 0 Å². The molecule has 2 N–H and O–H groups in total. The van der Waals surface area contributed by atoms with Gasteiger partial charge in [0.05, 0.1) is 6.54 Å². The molecular weight excluding hydrogens is 246 g/mol. The minimum absolute atomic E-state index is 0.228. The normalized spacial score (nSPS) is 9.89. The van der Waals surface area contributed by atoms with E-state index >= 15 is 0 Å². The predicted octanol–water partition coefficient (Wildman–Crippen LogP) is 1.67. The Morgan fingerprint density at radius 1 is 1.26 bits per heavy atom. The van der Waals surface area contributed by atoms with Crippen molar-refractivity contribution in [2.24, 2.45) is 0 Å². The van der Waals surface area contributed by atoms with Crippen molar-refractivity contribution in [1.29, 1.82) is 0 Å². The number of rotatable bonds is 6. The Morgan fingerprint density at radius 3 is 2.79 bits per heavy atom. The summed E-state index contributed by atoms with van der Waals surface area (Å²) in [5.74, 6) is -0.125. The highest BCUT2D eigenvalue weighted by atomic mass is 16.5. The van der Waals surface area contributed by atoms with Gasteiger partial charge in [-0.3, -0.25) is 0 Å². The molecule has 0 spiro atoms. The Bertz CT molecular complexity index is 546. The molecule has 0 amide bonds. The zero-order valence-corrected chi connectivity index (χ0v) is 10.1. The highest BCUT2D eigenvalue weighted by Crippen LogP contribution is 2.08. The number of carboxylic acid groups (broad SMARTS) is 1. The molecule has 2 aromatic rings. The van der Waals surface area contributed by atoms with Gasteiger partial charge < -0.3 is 15.2 Å². The Morgan fingerprint density at radius 2 is 2.05 bits per heavy atom. The third-order valence-electron chi connectivity index (χ3n) is 2.27. The fourth-order valence-electron chi connectivity index (χ4n) is 1.42. The van der Waals surface area contributed by atoms with Crippen molar-refractivity contribution in [1.82, 2.24) is 9.97 Å². The number of nitrogens with one attached hydrogen (secondary N) is 1. The molecule has 0 radical (unpaired) electrons. The van der Waals surface area contributed by atoms with Crippen LogP contribution in [0.25, 0.3) is 0 Å². The SMILES string of the molecule is O=C(O)c1nccc(NCCOc2ccccc2)n1. The van der Waals surface area contributed by atoms with Crippen molar-refractivity contribution in [3.63, 3.8) is 0 Å². The number of para-hydroxylation sites is 1. The number of hydrogen-bond donors (Lipinski definition) is 2. The summed E-state index contributed by atoms with van der Waals surface area (Å²) in [5, 5.41) is 11.7. The van der Waals surface area contributed by atoms with Crippen LogP contribution in [0.1, 0.15) is 10.6 Å². The van der Waals surface area contributed by atoms with Crippen molar-refractivity contribution in [2.75, 3.05) is 18.5 Å². The monoisotopic (exact) mass is 259 g/mol. The van der Waals surface area contributed by atoms with E-state index in [0.717, 1.165) is 5.75 Å². The smallest absolute Gasteiger partial charge is 0.374 e. The lowest BCUT2D eigenvalue weighted by Crippen LogP contribution is -2.14. The van der Waals surface area contributed by atoms with Crippen LogP contribution in [0.2, 0.25) is 0 Å². The van der Waals surface area contributed by atoms with Gasteiger partial charge in [-0.15, -0.1) is 0 Å². The van der Waals surface area contributed by atoms with Gasteiger partial charge >= 0.3 is 5.97 Å². The molecule has 0 bridgehead atoms. The maximum absolute atomic E-state index is 10.7. The van der Waals surface area contributed by atoms with Crippen LogP contribution in [0, 0.1) is 0 Å². The van der Waals surface area contributed by atoms with Crippen LogP contribution in [-0.4, -0.2) is 34.2 Å². The molecule has 0 atom stereocenters. The van der Waals surface area contributed by atoms with E-state index in [9.17, 15) is 4.79 Å². The van der Waals surface area contributed by atoms with Crippen molar-refractivity contribution in [3.05, 3.63) is 48.4 Å². The van der Waals surface area contributed by atoms with Crippen LogP contribution in [0.5, 0.6) is 5.75 Å². The zero-order valence-electron chi connectivity index (χ0n) is 10.1. The number of ether oxygens (including phenoxy) is 1. The molecule has 1 aromatic heterocycles. The molecule has 6 heteroatoms. The predicted molar refractivity (Wildman–Crippen MR) is 69.4 cm³/mol.